The van der Waals surface area contributed by atoms with Crippen molar-refractivity contribution in [2.45, 2.75) is 0 Å². The highest BCUT2D eigenvalue weighted by atomic mass is 32.1. The molecule has 0 saturated heterocycles. The Hall–Kier alpha value is -1.15. The first-order valence-electron chi connectivity index (χ1n) is 3.58. The smallest absolute Gasteiger partial charge is 0.176 e. The van der Waals surface area contributed by atoms with Crippen LogP contribution in [0.1, 0.15) is 0 Å². The van der Waals surface area contributed by atoms with Crippen molar-refractivity contribution in [3.63, 3.8) is 0 Å². The molecule has 2 heteroatoms. The third kappa shape index (κ3) is 1.38. The van der Waals surface area contributed by atoms with E-state index in [0.29, 0.717) is 0 Å². The summed E-state index contributed by atoms with van der Waals surface area (Å²) in [6.45, 7) is 0. The van der Waals surface area contributed by atoms with Gasteiger partial charge >= 0.3 is 0 Å². The lowest BCUT2D eigenvalue weighted by atomic mass is 10.2. The van der Waals surface area contributed by atoms with Crippen molar-refractivity contribution < 1.29 is 4.39 Å². The molecule has 2 aromatic rings. The molecule has 1 heterocycles. The summed E-state index contributed by atoms with van der Waals surface area (Å²) in [5.74, 6) is 0. The summed E-state index contributed by atoms with van der Waals surface area (Å²) in [4.78, 5) is 0.960. The fourth-order valence-corrected chi connectivity index (χ4v) is 1.76. The van der Waals surface area contributed by atoms with Gasteiger partial charge in [0.05, 0.1) is 0 Å². The summed E-state index contributed by atoms with van der Waals surface area (Å²) in [6.07, 6.45) is 0. The number of rotatable bonds is 1. The number of hydrogen-bond donors (Lipinski definition) is 0. The van der Waals surface area contributed by atoms with Crippen LogP contribution in [0.4, 0.5) is 4.39 Å². The van der Waals surface area contributed by atoms with Gasteiger partial charge in [0.2, 0.25) is 0 Å². The molecule has 59 valence electrons. The highest BCUT2D eigenvalue weighted by molar-refractivity contribution is 7.13. The SMILES string of the molecule is Fc1ccc(-c2cc[c]cc2)s1. The first-order chi connectivity index (χ1) is 5.86. The van der Waals surface area contributed by atoms with E-state index in [2.05, 4.69) is 6.07 Å². The summed E-state index contributed by atoms with van der Waals surface area (Å²) >= 11 is 1.16. The fraction of sp³-hybridized carbons (Fsp3) is 0. The highest BCUT2D eigenvalue weighted by Gasteiger charge is 1.99. The van der Waals surface area contributed by atoms with Crippen LogP contribution in [-0.4, -0.2) is 0 Å². The van der Waals surface area contributed by atoms with Crippen molar-refractivity contribution in [1.82, 2.24) is 0 Å². The van der Waals surface area contributed by atoms with Crippen LogP contribution in [0.25, 0.3) is 10.4 Å². The van der Waals surface area contributed by atoms with Crippen LogP contribution in [0.15, 0.2) is 36.4 Å². The maximum atomic E-state index is 12.6. The molecule has 0 spiro atoms. The first kappa shape index (κ1) is 7.50. The molecule has 1 radical (unpaired) electrons. The van der Waals surface area contributed by atoms with Gasteiger partial charge in [0, 0.05) is 4.88 Å². The van der Waals surface area contributed by atoms with Gasteiger partial charge in [-0.3, -0.25) is 0 Å². The van der Waals surface area contributed by atoms with Crippen LogP contribution in [-0.2, 0) is 0 Å². The van der Waals surface area contributed by atoms with Crippen LogP contribution in [0.5, 0.6) is 0 Å². The number of halogens is 1. The average molecular weight is 177 g/mol. The quantitative estimate of drug-likeness (QED) is 0.626. The molecule has 0 unspecified atom stereocenters. The first-order valence-corrected chi connectivity index (χ1v) is 4.40. The Bertz CT molecular complexity index is 364. The van der Waals surface area contributed by atoms with E-state index in [1.165, 1.54) is 6.07 Å². The third-order valence-corrected chi connectivity index (χ3v) is 2.50. The van der Waals surface area contributed by atoms with Crippen molar-refractivity contribution in [1.29, 1.82) is 0 Å². The van der Waals surface area contributed by atoms with Crippen LogP contribution >= 0.6 is 11.3 Å². The molecular weight excluding hydrogens is 171 g/mol. The third-order valence-electron chi connectivity index (χ3n) is 1.58. The molecule has 2 rings (SSSR count). The molecule has 0 N–H and O–H groups in total. The molecule has 12 heavy (non-hydrogen) atoms. The van der Waals surface area contributed by atoms with Crippen LogP contribution in [0, 0.1) is 11.2 Å². The lowest BCUT2D eigenvalue weighted by Crippen LogP contribution is -1.67. The van der Waals surface area contributed by atoms with Gasteiger partial charge in [-0.25, -0.2) is 0 Å². The second kappa shape index (κ2) is 3.07. The summed E-state index contributed by atoms with van der Waals surface area (Å²) in [6, 6.07) is 13.7. The monoisotopic (exact) mass is 177 g/mol. The fourth-order valence-electron chi connectivity index (χ4n) is 1.02. The maximum Gasteiger partial charge on any atom is 0.176 e. The van der Waals surface area contributed by atoms with Crippen molar-refractivity contribution in [3.05, 3.63) is 47.6 Å². The van der Waals surface area contributed by atoms with E-state index < -0.39 is 0 Å². The zero-order chi connectivity index (χ0) is 8.39. The predicted octanol–water partition coefficient (Wildman–Crippen LogP) is 3.35. The number of benzene rings is 1. The van der Waals surface area contributed by atoms with Gasteiger partial charge in [-0.15, -0.1) is 11.3 Å². The Labute approximate surface area is 74.3 Å². The number of hydrogen-bond acceptors (Lipinski definition) is 1. The topological polar surface area (TPSA) is 0 Å². The molecule has 0 saturated carbocycles. The van der Waals surface area contributed by atoms with Gasteiger partial charge in [-0.1, -0.05) is 24.3 Å². The van der Waals surface area contributed by atoms with E-state index in [1.54, 1.807) is 6.07 Å². The molecule has 1 aromatic carbocycles. The Morgan fingerprint density at radius 2 is 1.83 bits per heavy atom. The van der Waals surface area contributed by atoms with Gasteiger partial charge < -0.3 is 0 Å². The normalized spacial score (nSPS) is 10.1. The highest BCUT2D eigenvalue weighted by Crippen LogP contribution is 2.26. The molecule has 0 fully saturated rings. The Morgan fingerprint density at radius 3 is 2.42 bits per heavy atom. The molecule has 0 atom stereocenters. The number of thiophene rings is 1. The van der Waals surface area contributed by atoms with Crippen molar-refractivity contribution in [2.24, 2.45) is 0 Å². The maximum absolute atomic E-state index is 12.6. The second-order valence-corrected chi connectivity index (χ2v) is 3.43. The molecule has 0 bridgehead atoms. The minimum absolute atomic E-state index is 0.141. The van der Waals surface area contributed by atoms with E-state index in [0.717, 1.165) is 21.8 Å². The Morgan fingerprint density at radius 1 is 1.08 bits per heavy atom. The minimum atomic E-state index is -0.141. The predicted molar refractivity (Wildman–Crippen MR) is 48.5 cm³/mol. The second-order valence-electron chi connectivity index (χ2n) is 2.39. The molecule has 0 nitrogen and oxygen atoms in total. The van der Waals surface area contributed by atoms with E-state index in [9.17, 15) is 4.39 Å². The van der Waals surface area contributed by atoms with Gasteiger partial charge in [-0.2, -0.15) is 4.39 Å². The van der Waals surface area contributed by atoms with Gasteiger partial charge in [0.25, 0.3) is 0 Å². The summed E-state index contributed by atoms with van der Waals surface area (Å²) in [5, 5.41) is -0.141. The van der Waals surface area contributed by atoms with E-state index in [-0.39, 0.29) is 5.13 Å². The lowest BCUT2D eigenvalue weighted by Gasteiger charge is -1.92. The Balaban J connectivity index is 2.45. The van der Waals surface area contributed by atoms with Crippen LogP contribution in [0.2, 0.25) is 0 Å². The molecular formula is C10H6FS. The molecule has 0 aliphatic carbocycles. The van der Waals surface area contributed by atoms with Gasteiger partial charge in [-0.05, 0) is 23.8 Å². The van der Waals surface area contributed by atoms with E-state index in [4.69, 9.17) is 0 Å². The van der Waals surface area contributed by atoms with Crippen molar-refractivity contribution in [2.75, 3.05) is 0 Å². The lowest BCUT2D eigenvalue weighted by molar-refractivity contribution is 0.657. The molecule has 0 amide bonds. The average Bonchev–Trinajstić information content (AvgIpc) is 2.54. The molecule has 1 aromatic heterocycles. The largest absolute Gasteiger partial charge is 0.195 e. The van der Waals surface area contributed by atoms with Gasteiger partial charge in [0.15, 0.2) is 5.13 Å². The van der Waals surface area contributed by atoms with E-state index >= 15 is 0 Å². The zero-order valence-corrected chi connectivity index (χ0v) is 7.07. The van der Waals surface area contributed by atoms with Crippen molar-refractivity contribution in [3.8, 4) is 10.4 Å². The van der Waals surface area contributed by atoms with Gasteiger partial charge in [0.1, 0.15) is 0 Å². The zero-order valence-electron chi connectivity index (χ0n) is 6.25. The summed E-state index contributed by atoms with van der Waals surface area (Å²) < 4.78 is 12.6. The van der Waals surface area contributed by atoms with E-state index in [1.807, 2.05) is 24.3 Å². The standard InChI is InChI=1S/C10H6FS/c11-10-7-6-9(12-10)8-4-2-1-3-5-8/h2-7H. The molecule has 0 aliphatic heterocycles. The summed E-state index contributed by atoms with van der Waals surface area (Å²) in [5.41, 5.74) is 1.04. The van der Waals surface area contributed by atoms with Crippen LogP contribution < -0.4 is 0 Å². The van der Waals surface area contributed by atoms with Crippen LogP contribution in [0.3, 0.4) is 0 Å². The van der Waals surface area contributed by atoms with Crippen molar-refractivity contribution >= 4 is 11.3 Å². The Kier molecular flexibility index (Phi) is 1.92. The minimum Gasteiger partial charge on any atom is -0.195 e. The summed E-state index contributed by atoms with van der Waals surface area (Å²) in [7, 11) is 0. The molecule has 0 aliphatic rings.